The molecule has 0 saturated carbocycles. The molecule has 0 fully saturated rings. The van der Waals surface area contributed by atoms with Gasteiger partial charge in [-0.3, -0.25) is 10.1 Å². The summed E-state index contributed by atoms with van der Waals surface area (Å²) in [6.07, 6.45) is 0. The van der Waals surface area contributed by atoms with Crippen molar-refractivity contribution in [3.8, 4) is 6.07 Å². The number of rotatable bonds is 3. The summed E-state index contributed by atoms with van der Waals surface area (Å²) in [5, 5.41) is 19.2. The zero-order valence-electron chi connectivity index (χ0n) is 8.77. The molecule has 0 saturated heterocycles. The lowest BCUT2D eigenvalue weighted by Crippen LogP contribution is -2.11. The van der Waals surface area contributed by atoms with Gasteiger partial charge < -0.3 is 4.74 Å². The molecular weight excluding hydrogens is 231 g/mol. The van der Waals surface area contributed by atoms with Gasteiger partial charge in [0.1, 0.15) is 11.6 Å². The fourth-order valence-electron chi connectivity index (χ4n) is 1.20. The summed E-state index contributed by atoms with van der Waals surface area (Å²) >= 11 is 0. The first kappa shape index (κ1) is 12.6. The van der Waals surface area contributed by atoms with Crippen LogP contribution < -0.4 is 0 Å². The highest BCUT2D eigenvalue weighted by molar-refractivity contribution is 5.93. The second-order valence-electron chi connectivity index (χ2n) is 2.91. The van der Waals surface area contributed by atoms with E-state index in [9.17, 15) is 19.3 Å². The summed E-state index contributed by atoms with van der Waals surface area (Å²) in [6.45, 7) is 1.48. The number of carbonyl (C=O) groups is 1. The molecule has 0 aromatic heterocycles. The van der Waals surface area contributed by atoms with E-state index in [0.29, 0.717) is 0 Å². The van der Waals surface area contributed by atoms with Gasteiger partial charge >= 0.3 is 11.7 Å². The van der Waals surface area contributed by atoms with Gasteiger partial charge in [0.25, 0.3) is 0 Å². The monoisotopic (exact) mass is 238 g/mol. The topological polar surface area (TPSA) is 93.2 Å². The van der Waals surface area contributed by atoms with Crippen molar-refractivity contribution < 1.29 is 18.8 Å². The van der Waals surface area contributed by atoms with Crippen LogP contribution >= 0.6 is 0 Å². The Bertz CT molecular complexity index is 522. The third-order valence-corrected chi connectivity index (χ3v) is 1.92. The average molecular weight is 238 g/mol. The first-order chi connectivity index (χ1) is 8.02. The molecule has 0 heterocycles. The lowest BCUT2D eigenvalue weighted by atomic mass is 10.1. The van der Waals surface area contributed by atoms with Gasteiger partial charge in [0.2, 0.25) is 5.82 Å². The Morgan fingerprint density at radius 3 is 2.76 bits per heavy atom. The van der Waals surface area contributed by atoms with Crippen LogP contribution in [-0.2, 0) is 4.74 Å². The Balaban J connectivity index is 3.44. The van der Waals surface area contributed by atoms with E-state index < -0.39 is 28.0 Å². The molecule has 0 radical (unpaired) electrons. The fraction of sp³-hybridized carbons (Fsp3) is 0.200. The zero-order valence-corrected chi connectivity index (χ0v) is 8.77. The van der Waals surface area contributed by atoms with Crippen molar-refractivity contribution in [2.45, 2.75) is 6.92 Å². The molecule has 1 aromatic rings. The number of hydrogen-bond acceptors (Lipinski definition) is 5. The minimum absolute atomic E-state index is 0.0220. The predicted octanol–water partition coefficient (Wildman–Crippen LogP) is 1.78. The third-order valence-electron chi connectivity index (χ3n) is 1.92. The highest BCUT2D eigenvalue weighted by Gasteiger charge is 2.26. The Kier molecular flexibility index (Phi) is 3.72. The van der Waals surface area contributed by atoms with Crippen molar-refractivity contribution in [1.82, 2.24) is 0 Å². The van der Waals surface area contributed by atoms with E-state index in [1.807, 2.05) is 0 Å². The summed E-state index contributed by atoms with van der Waals surface area (Å²) < 4.78 is 18.2. The first-order valence-corrected chi connectivity index (χ1v) is 4.57. The Morgan fingerprint density at radius 1 is 1.65 bits per heavy atom. The number of nitriles is 1. The standard InChI is InChI=1S/C10H7FN2O4/c1-2-17-10(14)8-6(5-12)3-4-7(9(8)11)13(15)16/h3-4H,2H2,1H3. The molecule has 7 heteroatoms. The molecule has 88 valence electrons. The van der Waals surface area contributed by atoms with Crippen molar-refractivity contribution in [3.05, 3.63) is 39.2 Å². The predicted molar refractivity (Wildman–Crippen MR) is 53.7 cm³/mol. The Labute approximate surface area is 95.4 Å². The third kappa shape index (κ3) is 2.36. The summed E-state index contributed by atoms with van der Waals surface area (Å²) in [5.41, 5.74) is -1.87. The minimum atomic E-state index is -1.35. The smallest absolute Gasteiger partial charge is 0.342 e. The molecule has 0 atom stereocenters. The zero-order chi connectivity index (χ0) is 13.0. The Morgan fingerprint density at radius 2 is 2.29 bits per heavy atom. The lowest BCUT2D eigenvalue weighted by Gasteiger charge is -2.05. The number of benzene rings is 1. The minimum Gasteiger partial charge on any atom is -0.462 e. The number of nitro groups is 1. The van der Waals surface area contributed by atoms with Crippen molar-refractivity contribution >= 4 is 11.7 Å². The van der Waals surface area contributed by atoms with Crippen LogP contribution in [0.3, 0.4) is 0 Å². The van der Waals surface area contributed by atoms with Gasteiger partial charge in [-0.2, -0.15) is 9.65 Å². The van der Waals surface area contributed by atoms with Gasteiger partial charge in [-0.25, -0.2) is 4.79 Å². The van der Waals surface area contributed by atoms with E-state index in [4.69, 9.17) is 5.26 Å². The number of esters is 1. The van der Waals surface area contributed by atoms with Crippen molar-refractivity contribution in [1.29, 1.82) is 5.26 Å². The van der Waals surface area contributed by atoms with Gasteiger partial charge in [-0.05, 0) is 13.0 Å². The van der Waals surface area contributed by atoms with E-state index in [2.05, 4.69) is 4.74 Å². The second-order valence-corrected chi connectivity index (χ2v) is 2.91. The maximum atomic E-state index is 13.7. The highest BCUT2D eigenvalue weighted by atomic mass is 19.1. The molecule has 0 amide bonds. The van der Waals surface area contributed by atoms with Crippen LogP contribution in [0.25, 0.3) is 0 Å². The van der Waals surface area contributed by atoms with E-state index in [1.165, 1.54) is 6.92 Å². The largest absolute Gasteiger partial charge is 0.462 e. The number of nitro benzene ring substituents is 1. The van der Waals surface area contributed by atoms with E-state index in [-0.39, 0.29) is 12.2 Å². The van der Waals surface area contributed by atoms with E-state index >= 15 is 0 Å². The lowest BCUT2D eigenvalue weighted by molar-refractivity contribution is -0.387. The molecule has 0 aliphatic heterocycles. The van der Waals surface area contributed by atoms with Crippen LogP contribution in [0.1, 0.15) is 22.8 Å². The number of hydrogen-bond donors (Lipinski definition) is 0. The van der Waals surface area contributed by atoms with Gasteiger partial charge in [0.15, 0.2) is 0 Å². The Hall–Kier alpha value is -2.49. The van der Waals surface area contributed by atoms with Gasteiger partial charge in [0, 0.05) is 6.07 Å². The van der Waals surface area contributed by atoms with Crippen LogP contribution in [-0.4, -0.2) is 17.5 Å². The average Bonchev–Trinajstić information content (AvgIpc) is 2.27. The maximum absolute atomic E-state index is 13.7. The van der Waals surface area contributed by atoms with Crippen molar-refractivity contribution in [2.24, 2.45) is 0 Å². The number of ether oxygens (including phenoxy) is 1. The van der Waals surface area contributed by atoms with Crippen LogP contribution in [0.5, 0.6) is 0 Å². The summed E-state index contributed by atoms with van der Waals surface area (Å²) in [6, 6.07) is 3.42. The molecule has 0 unspecified atom stereocenters. The summed E-state index contributed by atoms with van der Waals surface area (Å²) in [4.78, 5) is 20.9. The SMILES string of the molecule is CCOC(=O)c1c(C#N)ccc([N+](=O)[O-])c1F. The highest BCUT2D eigenvalue weighted by Crippen LogP contribution is 2.24. The van der Waals surface area contributed by atoms with Crippen LogP contribution in [0, 0.1) is 27.3 Å². The van der Waals surface area contributed by atoms with Gasteiger partial charge in [-0.1, -0.05) is 0 Å². The summed E-state index contributed by atoms with van der Waals surface area (Å²) in [5.74, 6) is -2.45. The molecule has 0 aliphatic carbocycles. The molecule has 1 rings (SSSR count). The van der Waals surface area contributed by atoms with E-state index in [1.54, 1.807) is 6.07 Å². The maximum Gasteiger partial charge on any atom is 0.342 e. The molecule has 0 N–H and O–H groups in total. The summed E-state index contributed by atoms with van der Waals surface area (Å²) in [7, 11) is 0. The van der Waals surface area contributed by atoms with Gasteiger partial charge in [-0.15, -0.1) is 0 Å². The molecule has 1 aromatic carbocycles. The molecule has 17 heavy (non-hydrogen) atoms. The van der Waals surface area contributed by atoms with Crippen molar-refractivity contribution in [2.75, 3.05) is 6.61 Å². The molecule has 0 spiro atoms. The number of nitrogens with zero attached hydrogens (tertiary/aromatic N) is 2. The number of carbonyl (C=O) groups excluding carboxylic acids is 1. The number of halogens is 1. The first-order valence-electron chi connectivity index (χ1n) is 4.57. The molecular formula is C10H7FN2O4. The molecule has 0 aliphatic rings. The van der Waals surface area contributed by atoms with Crippen LogP contribution in [0.2, 0.25) is 0 Å². The second kappa shape index (κ2) is 5.03. The normalized spacial score (nSPS) is 9.47. The fourth-order valence-corrected chi connectivity index (χ4v) is 1.20. The quantitative estimate of drug-likeness (QED) is 0.454. The van der Waals surface area contributed by atoms with Crippen LogP contribution in [0.4, 0.5) is 10.1 Å². The van der Waals surface area contributed by atoms with Crippen molar-refractivity contribution in [3.63, 3.8) is 0 Å². The van der Waals surface area contributed by atoms with E-state index in [0.717, 1.165) is 12.1 Å². The van der Waals surface area contributed by atoms with Gasteiger partial charge in [0.05, 0.1) is 17.1 Å². The van der Waals surface area contributed by atoms with Crippen LogP contribution in [0.15, 0.2) is 12.1 Å². The molecule has 0 bridgehead atoms. The molecule has 6 nitrogen and oxygen atoms in total.